The molecule has 168 valence electrons. The van der Waals surface area contributed by atoms with E-state index in [9.17, 15) is 8.42 Å². The first kappa shape index (κ1) is 25.8. The summed E-state index contributed by atoms with van der Waals surface area (Å²) >= 11 is 0. The van der Waals surface area contributed by atoms with Crippen LogP contribution < -0.4 is 4.89 Å². The lowest BCUT2D eigenvalue weighted by Gasteiger charge is -2.06. The summed E-state index contributed by atoms with van der Waals surface area (Å²) in [6, 6.07) is 7.57. The minimum Gasteiger partial charge on any atom is -0.306 e. The maximum absolute atomic E-state index is 11.5. The van der Waals surface area contributed by atoms with Crippen LogP contribution in [0.4, 0.5) is 0 Å². The zero-order chi connectivity index (χ0) is 21.2. The highest BCUT2D eigenvalue weighted by Gasteiger charge is 2.10. The van der Waals surface area contributed by atoms with Gasteiger partial charge in [-0.25, -0.2) is 4.89 Å². The molecule has 0 saturated carbocycles. The molecule has 0 aliphatic carbocycles. The number of rotatable bonds is 19. The molecule has 0 saturated heterocycles. The Balaban J connectivity index is 2.04. The lowest BCUT2D eigenvalue weighted by atomic mass is 10.0. The highest BCUT2D eigenvalue weighted by molar-refractivity contribution is 7.86. The zero-order valence-electron chi connectivity index (χ0n) is 17.8. The minimum absolute atomic E-state index is 0.00107. The first-order valence-corrected chi connectivity index (χ1v) is 12.2. The summed E-state index contributed by atoms with van der Waals surface area (Å²) in [5.74, 6) is 0.481. The first-order chi connectivity index (χ1) is 14.1. The summed E-state index contributed by atoms with van der Waals surface area (Å²) in [4.78, 5) is 9.58. The lowest BCUT2D eigenvalue weighted by Crippen LogP contribution is -2.14. The number of benzene rings is 1. The van der Waals surface area contributed by atoms with E-state index >= 15 is 0 Å². The van der Waals surface area contributed by atoms with Crippen molar-refractivity contribution in [3.8, 4) is 5.75 Å². The summed E-state index contributed by atoms with van der Waals surface area (Å²) in [6.45, 7) is 3.89. The normalized spacial score (nSPS) is 11.7. The number of aryl methyl sites for hydroxylation is 1. The molecule has 7 nitrogen and oxygen atoms in total. The second-order valence-corrected chi connectivity index (χ2v) is 8.75. The van der Waals surface area contributed by atoms with E-state index in [4.69, 9.17) is 9.07 Å². The zero-order valence-corrected chi connectivity index (χ0v) is 18.6. The van der Waals surface area contributed by atoms with Crippen molar-refractivity contribution in [2.45, 2.75) is 78.1 Å². The summed E-state index contributed by atoms with van der Waals surface area (Å²) in [6.07, 6.45) is 11.5. The van der Waals surface area contributed by atoms with Crippen LogP contribution >= 0.6 is 0 Å². The van der Waals surface area contributed by atoms with Gasteiger partial charge in [-0.15, -0.1) is 0 Å². The van der Waals surface area contributed by atoms with Crippen molar-refractivity contribution in [2.24, 2.45) is 0 Å². The molecule has 1 aromatic carbocycles. The summed E-state index contributed by atoms with van der Waals surface area (Å²) < 4.78 is 27.7. The molecule has 0 aliphatic rings. The van der Waals surface area contributed by atoms with Crippen LogP contribution in [0.1, 0.15) is 77.2 Å². The van der Waals surface area contributed by atoms with Crippen molar-refractivity contribution in [3.05, 3.63) is 29.8 Å². The van der Waals surface area contributed by atoms with Crippen LogP contribution in [0.25, 0.3) is 0 Å². The van der Waals surface area contributed by atoms with Crippen molar-refractivity contribution >= 4 is 10.1 Å². The Bertz CT molecular complexity index is 602. The molecule has 0 unspecified atom stereocenters. The van der Waals surface area contributed by atoms with Crippen molar-refractivity contribution in [1.29, 1.82) is 0 Å². The molecule has 0 atom stereocenters. The molecule has 0 radical (unpaired) electrons. The van der Waals surface area contributed by atoms with E-state index in [0.717, 1.165) is 12.8 Å². The van der Waals surface area contributed by atoms with Gasteiger partial charge in [-0.05, 0) is 42.0 Å². The topological polar surface area (TPSA) is 80.3 Å². The van der Waals surface area contributed by atoms with E-state index < -0.39 is 10.1 Å². The standard InChI is InChI=1S/C21H36O7S/c1-3-5-7-8-9-10-11-12-20-13-15-21(16-14-20)26-28-27-24-17-18-25-29(22,23)19-6-4-2/h13-16H,3-12,17-19H2,1-2H3. The number of hydrogen-bond acceptors (Lipinski definition) is 7. The maximum Gasteiger partial charge on any atom is 0.267 e. The van der Waals surface area contributed by atoms with Crippen LogP contribution in [0.15, 0.2) is 24.3 Å². The molecular formula is C21H36O7S. The average Bonchev–Trinajstić information content (AvgIpc) is 2.72. The van der Waals surface area contributed by atoms with E-state index in [2.05, 4.69) is 21.9 Å². The molecule has 0 spiro atoms. The second kappa shape index (κ2) is 16.6. The van der Waals surface area contributed by atoms with Gasteiger partial charge in [0.15, 0.2) is 5.75 Å². The third-order valence-corrected chi connectivity index (χ3v) is 5.69. The van der Waals surface area contributed by atoms with Crippen LogP contribution in [-0.2, 0) is 35.7 Å². The summed E-state index contributed by atoms with van der Waals surface area (Å²) in [5.41, 5.74) is 1.25. The fourth-order valence-electron chi connectivity index (χ4n) is 2.68. The molecule has 0 N–H and O–H groups in total. The molecule has 8 heteroatoms. The van der Waals surface area contributed by atoms with Crippen molar-refractivity contribution in [1.82, 2.24) is 0 Å². The summed E-state index contributed by atoms with van der Waals surface area (Å²) in [5, 5.41) is 8.86. The van der Waals surface area contributed by atoms with Gasteiger partial charge in [-0.2, -0.15) is 8.42 Å². The van der Waals surface area contributed by atoms with E-state index in [1.807, 2.05) is 19.1 Å². The smallest absolute Gasteiger partial charge is 0.267 e. The van der Waals surface area contributed by atoms with Gasteiger partial charge in [0.1, 0.15) is 6.61 Å². The molecule has 0 bridgehead atoms. The third-order valence-electron chi connectivity index (χ3n) is 4.38. The predicted octanol–water partition coefficient (Wildman–Crippen LogP) is 5.30. The molecule has 0 fully saturated rings. The van der Waals surface area contributed by atoms with E-state index in [-0.39, 0.29) is 19.0 Å². The van der Waals surface area contributed by atoms with Gasteiger partial charge in [0.2, 0.25) is 0 Å². The monoisotopic (exact) mass is 432 g/mol. The highest BCUT2D eigenvalue weighted by Crippen LogP contribution is 2.15. The SMILES string of the molecule is CCCCCCCCCc1ccc(OOOOCCOS(=O)(=O)CCCC)cc1. The Labute approximate surface area is 175 Å². The van der Waals surface area contributed by atoms with Crippen LogP contribution in [0, 0.1) is 0 Å². The Morgan fingerprint density at radius 1 is 0.759 bits per heavy atom. The van der Waals surface area contributed by atoms with Crippen molar-refractivity contribution in [3.63, 3.8) is 0 Å². The van der Waals surface area contributed by atoms with Crippen LogP contribution in [0.2, 0.25) is 0 Å². The Morgan fingerprint density at radius 3 is 2.10 bits per heavy atom. The van der Waals surface area contributed by atoms with Gasteiger partial charge in [-0.1, -0.05) is 70.9 Å². The van der Waals surface area contributed by atoms with Crippen LogP contribution in [0.5, 0.6) is 5.75 Å². The van der Waals surface area contributed by atoms with E-state index in [0.29, 0.717) is 12.2 Å². The molecule has 0 aromatic heterocycles. The van der Waals surface area contributed by atoms with Gasteiger partial charge < -0.3 is 4.89 Å². The molecule has 1 aromatic rings. The van der Waals surface area contributed by atoms with Gasteiger partial charge in [-0.3, -0.25) is 4.18 Å². The molecule has 1 rings (SSSR count). The van der Waals surface area contributed by atoms with Crippen molar-refractivity contribution in [2.75, 3.05) is 19.0 Å². The quantitative estimate of drug-likeness (QED) is 0.127. The largest absolute Gasteiger partial charge is 0.306 e. The molecule has 0 amide bonds. The Hall–Kier alpha value is -1.19. The molecule has 0 heterocycles. The van der Waals surface area contributed by atoms with Crippen LogP contribution in [-0.4, -0.2) is 27.4 Å². The molecule has 0 aliphatic heterocycles. The number of unbranched alkanes of at least 4 members (excludes halogenated alkanes) is 7. The first-order valence-electron chi connectivity index (χ1n) is 10.7. The molecular weight excluding hydrogens is 396 g/mol. The Morgan fingerprint density at radius 2 is 1.41 bits per heavy atom. The highest BCUT2D eigenvalue weighted by atomic mass is 32.2. The van der Waals surface area contributed by atoms with Gasteiger partial charge in [0, 0.05) is 5.04 Å². The van der Waals surface area contributed by atoms with E-state index in [1.165, 1.54) is 50.5 Å². The van der Waals surface area contributed by atoms with E-state index in [1.54, 1.807) is 12.1 Å². The third kappa shape index (κ3) is 14.4. The fourth-order valence-corrected chi connectivity index (χ4v) is 3.76. The summed E-state index contributed by atoms with van der Waals surface area (Å²) in [7, 11) is -3.51. The van der Waals surface area contributed by atoms with Crippen LogP contribution in [0.3, 0.4) is 0 Å². The Kier molecular flexibility index (Phi) is 14.8. The lowest BCUT2D eigenvalue weighted by molar-refractivity contribution is -0.607. The van der Waals surface area contributed by atoms with Gasteiger partial charge in [0.25, 0.3) is 10.1 Å². The van der Waals surface area contributed by atoms with Crippen molar-refractivity contribution < 1.29 is 32.5 Å². The minimum atomic E-state index is -3.51. The fraction of sp³-hybridized carbons (Fsp3) is 0.714. The average molecular weight is 433 g/mol. The number of hydrogen-bond donors (Lipinski definition) is 0. The van der Waals surface area contributed by atoms with Gasteiger partial charge >= 0.3 is 0 Å². The maximum atomic E-state index is 11.5. The second-order valence-electron chi connectivity index (χ2n) is 6.99. The predicted molar refractivity (Wildman–Crippen MR) is 112 cm³/mol. The van der Waals surface area contributed by atoms with Gasteiger partial charge in [0.05, 0.1) is 12.4 Å². The molecule has 29 heavy (non-hydrogen) atoms.